The maximum Gasteiger partial charge on any atom is 0.326 e. The minimum atomic E-state index is -0.933. The third kappa shape index (κ3) is 9.74. The summed E-state index contributed by atoms with van der Waals surface area (Å²) in [7, 11) is 0. The lowest BCUT2D eigenvalue weighted by Gasteiger charge is -2.16. The second kappa shape index (κ2) is 18.1. The Bertz CT molecular complexity index is 2060. The number of rotatable bonds is 16. The summed E-state index contributed by atoms with van der Waals surface area (Å²) < 4.78 is 3.97. The molecule has 0 aliphatic carbocycles. The molecule has 6 aromatic rings. The average Bonchev–Trinajstić information content (AvgIpc) is 3.80. The number of anilines is 4. The third-order valence-corrected chi connectivity index (χ3v) is 8.62. The number of imidazole rings is 2. The lowest BCUT2D eigenvalue weighted by Crippen LogP contribution is -2.29. The number of fused-ring (bicyclic) bond motifs is 2. The Hall–Kier alpha value is -5.83. The zero-order chi connectivity index (χ0) is 37.9. The van der Waals surface area contributed by atoms with Gasteiger partial charge in [-0.3, -0.25) is 0 Å². The van der Waals surface area contributed by atoms with Crippen molar-refractivity contribution < 1.29 is 15.0 Å². The highest BCUT2D eigenvalue weighted by Crippen LogP contribution is 2.26. The fraction of sp³-hybridized carbons (Fsp3) is 0.395. The number of carboxylic acid groups (broad SMARTS) is 1. The highest BCUT2D eigenvalue weighted by Gasteiger charge is 2.20. The summed E-state index contributed by atoms with van der Waals surface area (Å²) in [6.07, 6.45) is 4.74. The van der Waals surface area contributed by atoms with Gasteiger partial charge in [0.15, 0.2) is 34.0 Å². The van der Waals surface area contributed by atoms with E-state index in [1.54, 1.807) is 19.6 Å². The van der Waals surface area contributed by atoms with Gasteiger partial charge in [-0.2, -0.15) is 19.9 Å². The minimum absolute atomic E-state index is 0.0358. The van der Waals surface area contributed by atoms with E-state index in [1.165, 1.54) is 5.56 Å². The van der Waals surface area contributed by atoms with E-state index in [0.717, 1.165) is 23.1 Å². The molecule has 0 bridgehead atoms. The summed E-state index contributed by atoms with van der Waals surface area (Å²) >= 11 is 0. The second-order valence-electron chi connectivity index (χ2n) is 13.2. The topological polar surface area (TPSA) is 193 Å². The van der Waals surface area contributed by atoms with Crippen molar-refractivity contribution >= 4 is 51.8 Å². The predicted molar refractivity (Wildman–Crippen MR) is 209 cm³/mol. The molecule has 15 nitrogen and oxygen atoms in total. The number of aliphatic hydroxyl groups excluding tert-OH is 1. The predicted octanol–water partition coefficient (Wildman–Crippen LogP) is 6.50. The number of nitrogens with one attached hydrogen (secondary N) is 4. The Morgan fingerprint density at radius 3 is 1.51 bits per heavy atom. The number of carbonyl (C=O) groups is 1. The summed E-state index contributed by atoms with van der Waals surface area (Å²) in [6.45, 7) is 13.4. The molecule has 6 N–H and O–H groups in total. The van der Waals surface area contributed by atoms with E-state index >= 15 is 0 Å². The molecule has 2 aromatic carbocycles. The molecule has 0 saturated carbocycles. The van der Waals surface area contributed by atoms with Gasteiger partial charge in [-0.15, -0.1) is 0 Å². The van der Waals surface area contributed by atoms with Crippen LogP contribution in [0.1, 0.15) is 77.6 Å². The second-order valence-corrected chi connectivity index (χ2v) is 13.2. The van der Waals surface area contributed by atoms with Crippen LogP contribution in [0.4, 0.5) is 23.5 Å². The van der Waals surface area contributed by atoms with Crippen molar-refractivity contribution in [2.45, 2.75) is 91.6 Å². The van der Waals surface area contributed by atoms with Gasteiger partial charge in [0, 0.05) is 25.2 Å². The quantitative estimate of drug-likeness (QED) is 0.0635. The van der Waals surface area contributed by atoms with E-state index in [2.05, 4.69) is 77.2 Å². The molecule has 0 unspecified atom stereocenters. The van der Waals surface area contributed by atoms with Gasteiger partial charge in [-0.1, -0.05) is 74.5 Å². The molecule has 0 aliphatic rings. The molecule has 53 heavy (non-hydrogen) atoms. The molecular formula is C38H50N12O3. The Morgan fingerprint density at radius 1 is 0.679 bits per heavy atom. The van der Waals surface area contributed by atoms with Crippen molar-refractivity contribution in [3.63, 3.8) is 0 Å². The van der Waals surface area contributed by atoms with Crippen LogP contribution in [0.15, 0.2) is 73.3 Å². The maximum absolute atomic E-state index is 11.4. The number of aliphatic carboxylic acids is 1. The zero-order valence-electron chi connectivity index (χ0n) is 31.2. The molecule has 4 aromatic heterocycles. The van der Waals surface area contributed by atoms with Crippen LogP contribution in [0.2, 0.25) is 0 Å². The normalized spacial score (nSPS) is 12.4. The molecule has 4 heterocycles. The van der Waals surface area contributed by atoms with Crippen LogP contribution in [0.25, 0.3) is 22.3 Å². The van der Waals surface area contributed by atoms with Crippen LogP contribution in [0.3, 0.4) is 0 Å². The number of nitrogens with zero attached hydrogens (tertiary/aromatic N) is 8. The van der Waals surface area contributed by atoms with Gasteiger partial charge >= 0.3 is 5.97 Å². The Morgan fingerprint density at radius 2 is 1.13 bits per heavy atom. The highest BCUT2D eigenvalue weighted by molar-refractivity contribution is 5.85. The van der Waals surface area contributed by atoms with Gasteiger partial charge in [-0.25, -0.2) is 14.8 Å². The molecule has 6 rings (SSSR count). The van der Waals surface area contributed by atoms with E-state index in [0.29, 0.717) is 48.3 Å². The van der Waals surface area contributed by atoms with Crippen molar-refractivity contribution in [1.29, 1.82) is 0 Å². The first-order valence-corrected chi connectivity index (χ1v) is 18.0. The molecule has 0 radical (unpaired) electrons. The van der Waals surface area contributed by atoms with E-state index in [4.69, 9.17) is 0 Å². The fourth-order valence-electron chi connectivity index (χ4n) is 5.48. The van der Waals surface area contributed by atoms with Gasteiger partial charge in [0.2, 0.25) is 11.9 Å². The van der Waals surface area contributed by atoms with E-state index in [1.807, 2.05) is 78.4 Å². The summed E-state index contributed by atoms with van der Waals surface area (Å²) in [5.41, 5.74) is 5.13. The van der Waals surface area contributed by atoms with Crippen molar-refractivity contribution in [3.05, 3.63) is 84.4 Å². The lowest BCUT2D eigenvalue weighted by molar-refractivity contribution is -0.138. The van der Waals surface area contributed by atoms with Crippen LogP contribution >= 0.6 is 0 Å². The minimum Gasteiger partial charge on any atom is -0.480 e. The standard InChI is InChI=1S/C19H24N6O2.C19H26N6O/c1-4-14(18(26)27)22-19-23-16(20-10-13-8-6-5-7-9-13)15-17(24-19)25(11-21-15)12(2)3;1-4-15(11-26)22-19-23-17(20-10-14-8-6-5-7-9-14)16-18(24-19)25(12-21-16)13(2)3/h5-9,11-12,14H,4,10H2,1-3H3,(H,26,27)(H2,20,22,23,24);5-9,12-13,15,26H,4,10-11H2,1-3H3,(H2,20,22,23,24)/t14-;15-/m11/s1. The fourth-order valence-corrected chi connectivity index (χ4v) is 5.48. The molecular weight excluding hydrogens is 672 g/mol. The van der Waals surface area contributed by atoms with E-state index in [9.17, 15) is 15.0 Å². The molecule has 0 aliphatic heterocycles. The largest absolute Gasteiger partial charge is 0.480 e. The first kappa shape index (κ1) is 38.4. The smallest absolute Gasteiger partial charge is 0.326 e. The first-order valence-electron chi connectivity index (χ1n) is 18.0. The third-order valence-electron chi connectivity index (χ3n) is 8.62. The molecule has 0 fully saturated rings. The summed E-state index contributed by atoms with van der Waals surface area (Å²) in [4.78, 5) is 38.6. The van der Waals surface area contributed by atoms with Crippen LogP contribution in [-0.4, -0.2) is 73.9 Å². The van der Waals surface area contributed by atoms with E-state index in [-0.39, 0.29) is 30.7 Å². The summed E-state index contributed by atoms with van der Waals surface area (Å²) in [5.74, 6) is 1.10. The zero-order valence-corrected chi connectivity index (χ0v) is 31.2. The van der Waals surface area contributed by atoms with Gasteiger partial charge in [0.25, 0.3) is 0 Å². The monoisotopic (exact) mass is 722 g/mol. The Balaban J connectivity index is 0.000000204. The van der Waals surface area contributed by atoms with Crippen LogP contribution in [-0.2, 0) is 17.9 Å². The van der Waals surface area contributed by atoms with Crippen LogP contribution in [0.5, 0.6) is 0 Å². The van der Waals surface area contributed by atoms with Crippen molar-refractivity contribution in [1.82, 2.24) is 39.0 Å². The maximum atomic E-state index is 11.4. The first-order chi connectivity index (χ1) is 25.6. The van der Waals surface area contributed by atoms with Gasteiger partial charge < -0.3 is 40.6 Å². The number of aliphatic hydroxyl groups is 1. The van der Waals surface area contributed by atoms with Gasteiger partial charge in [0.1, 0.15) is 6.04 Å². The number of carboxylic acids is 1. The molecule has 0 spiro atoms. The van der Waals surface area contributed by atoms with Crippen molar-refractivity contribution in [2.24, 2.45) is 0 Å². The highest BCUT2D eigenvalue weighted by atomic mass is 16.4. The van der Waals surface area contributed by atoms with Crippen LogP contribution in [0, 0.1) is 0 Å². The average molecular weight is 723 g/mol. The van der Waals surface area contributed by atoms with Gasteiger partial charge in [0.05, 0.1) is 25.3 Å². The van der Waals surface area contributed by atoms with Gasteiger partial charge in [-0.05, 0) is 51.7 Å². The van der Waals surface area contributed by atoms with Crippen LogP contribution < -0.4 is 21.3 Å². The molecule has 280 valence electrons. The SMILES string of the molecule is CC[C@@H](Nc1nc(NCc2ccccc2)c2ncn(C(C)C)c2n1)C(=O)O.CC[C@H](CO)Nc1nc(NCc2ccccc2)c2ncn(C(C)C)c2n1. The summed E-state index contributed by atoms with van der Waals surface area (Å²) in [5, 5.41) is 31.6. The molecule has 0 amide bonds. The molecule has 0 saturated heterocycles. The number of hydrogen-bond donors (Lipinski definition) is 6. The Kier molecular flexibility index (Phi) is 13.1. The number of benzene rings is 2. The Labute approximate surface area is 309 Å². The number of hydrogen-bond acceptors (Lipinski definition) is 12. The summed E-state index contributed by atoms with van der Waals surface area (Å²) in [6, 6.07) is 19.7. The van der Waals surface area contributed by atoms with Crippen molar-refractivity contribution in [2.75, 3.05) is 27.9 Å². The van der Waals surface area contributed by atoms with E-state index < -0.39 is 12.0 Å². The lowest BCUT2D eigenvalue weighted by atomic mass is 10.2. The molecule has 15 heteroatoms. The molecule has 2 atom stereocenters. The number of aromatic nitrogens is 8. The van der Waals surface area contributed by atoms with Crippen molar-refractivity contribution in [3.8, 4) is 0 Å².